The summed E-state index contributed by atoms with van der Waals surface area (Å²) < 4.78 is 7.29. The third-order valence-electron chi connectivity index (χ3n) is 4.21. The Morgan fingerprint density at radius 1 is 1.24 bits per heavy atom. The average Bonchev–Trinajstić information content (AvgIpc) is 2.95. The largest absolute Gasteiger partial charge is 0.480 e. The van der Waals surface area contributed by atoms with Gasteiger partial charge in [0.05, 0.1) is 18.8 Å². The molecular formula is C16H22N4O. The Morgan fingerprint density at radius 3 is 2.81 bits per heavy atom. The molecule has 1 saturated heterocycles. The second-order valence-electron chi connectivity index (χ2n) is 5.59. The first-order valence-corrected chi connectivity index (χ1v) is 7.50. The van der Waals surface area contributed by atoms with Gasteiger partial charge in [-0.1, -0.05) is 6.42 Å². The molecule has 1 fully saturated rings. The molecule has 0 amide bonds. The average molecular weight is 286 g/mol. The molecule has 0 aliphatic carbocycles. The monoisotopic (exact) mass is 286 g/mol. The van der Waals surface area contributed by atoms with Crippen molar-refractivity contribution in [2.24, 2.45) is 7.05 Å². The maximum atomic E-state index is 5.06. The van der Waals surface area contributed by atoms with E-state index in [4.69, 9.17) is 4.74 Å². The fourth-order valence-corrected chi connectivity index (χ4v) is 3.08. The second-order valence-corrected chi connectivity index (χ2v) is 5.59. The van der Waals surface area contributed by atoms with E-state index >= 15 is 0 Å². The number of aryl methyl sites for hydroxylation is 1. The quantitative estimate of drug-likeness (QED) is 0.866. The van der Waals surface area contributed by atoms with E-state index in [1.165, 1.54) is 25.0 Å². The van der Waals surface area contributed by atoms with Crippen LogP contribution in [-0.2, 0) is 13.6 Å². The smallest absolute Gasteiger partial charge is 0.233 e. The van der Waals surface area contributed by atoms with E-state index in [1.54, 1.807) is 7.11 Å². The van der Waals surface area contributed by atoms with Crippen molar-refractivity contribution in [3.8, 4) is 5.88 Å². The van der Waals surface area contributed by atoms with Crippen LogP contribution >= 0.6 is 0 Å². The van der Waals surface area contributed by atoms with Crippen molar-refractivity contribution in [3.05, 3.63) is 41.9 Å². The molecule has 1 atom stereocenters. The molecule has 0 spiro atoms. The molecule has 1 aliphatic rings. The number of hydrogen-bond donors (Lipinski definition) is 0. The lowest BCUT2D eigenvalue weighted by Crippen LogP contribution is -2.34. The molecule has 0 saturated carbocycles. The molecule has 0 radical (unpaired) electrons. The summed E-state index contributed by atoms with van der Waals surface area (Å²) in [7, 11) is 3.73. The molecule has 3 heterocycles. The summed E-state index contributed by atoms with van der Waals surface area (Å²) in [6.45, 7) is 1.95. The van der Waals surface area contributed by atoms with Gasteiger partial charge in [0, 0.05) is 31.5 Å². The lowest BCUT2D eigenvalue weighted by Gasteiger charge is -2.35. The minimum atomic E-state index is 0.475. The van der Waals surface area contributed by atoms with Gasteiger partial charge in [0.2, 0.25) is 5.88 Å². The molecule has 0 N–H and O–H groups in total. The topological polar surface area (TPSA) is 43.2 Å². The van der Waals surface area contributed by atoms with Crippen LogP contribution in [0.2, 0.25) is 0 Å². The molecule has 3 rings (SSSR count). The first kappa shape index (κ1) is 14.1. The van der Waals surface area contributed by atoms with Crippen LogP contribution in [0.15, 0.2) is 30.5 Å². The van der Waals surface area contributed by atoms with Crippen LogP contribution in [0.5, 0.6) is 5.88 Å². The highest BCUT2D eigenvalue weighted by Crippen LogP contribution is 2.31. The fraction of sp³-hybridized carbons (Fsp3) is 0.500. The van der Waals surface area contributed by atoms with Gasteiger partial charge in [-0.25, -0.2) is 0 Å². The summed E-state index contributed by atoms with van der Waals surface area (Å²) in [6, 6.07) is 8.70. The third-order valence-corrected chi connectivity index (χ3v) is 4.21. The van der Waals surface area contributed by atoms with Gasteiger partial charge in [0.1, 0.15) is 0 Å². The molecule has 0 aromatic carbocycles. The minimum Gasteiger partial charge on any atom is -0.480 e. The Labute approximate surface area is 125 Å². The van der Waals surface area contributed by atoms with Crippen molar-refractivity contribution in [2.45, 2.75) is 31.8 Å². The van der Waals surface area contributed by atoms with Crippen molar-refractivity contribution in [3.63, 3.8) is 0 Å². The Balaban J connectivity index is 1.76. The van der Waals surface area contributed by atoms with Crippen molar-refractivity contribution in [2.75, 3.05) is 13.7 Å². The van der Waals surface area contributed by atoms with Crippen LogP contribution in [-0.4, -0.2) is 33.3 Å². The van der Waals surface area contributed by atoms with Crippen LogP contribution in [0, 0.1) is 0 Å². The molecule has 0 bridgehead atoms. The summed E-state index contributed by atoms with van der Waals surface area (Å²) in [4.78, 5) is 2.51. The normalized spacial score (nSPS) is 19.6. The minimum absolute atomic E-state index is 0.475. The van der Waals surface area contributed by atoms with Gasteiger partial charge in [-0.3, -0.25) is 4.90 Å². The molecule has 5 heteroatoms. The van der Waals surface area contributed by atoms with Crippen molar-refractivity contribution < 1.29 is 4.74 Å². The van der Waals surface area contributed by atoms with Gasteiger partial charge >= 0.3 is 0 Å². The number of methoxy groups -OCH3 is 1. The van der Waals surface area contributed by atoms with Crippen LogP contribution in [0.1, 0.15) is 36.7 Å². The van der Waals surface area contributed by atoms with E-state index in [-0.39, 0.29) is 0 Å². The maximum Gasteiger partial charge on any atom is 0.233 e. The first-order chi connectivity index (χ1) is 10.3. The number of rotatable bonds is 4. The standard InChI is InChI=1S/C16H22N4O/c1-19-10-5-7-14(19)15-6-3-4-11-20(15)12-13-8-9-16(21-2)18-17-13/h5,7-10,15H,3-4,6,11-12H2,1-2H3. The number of nitrogens with zero attached hydrogens (tertiary/aromatic N) is 4. The van der Waals surface area contributed by atoms with E-state index in [2.05, 4.69) is 45.0 Å². The van der Waals surface area contributed by atoms with Crippen LogP contribution in [0.3, 0.4) is 0 Å². The highest BCUT2D eigenvalue weighted by molar-refractivity contribution is 5.15. The SMILES string of the molecule is COc1ccc(CN2CCCCC2c2cccn2C)nn1. The van der Waals surface area contributed by atoms with E-state index in [0.29, 0.717) is 11.9 Å². The zero-order valence-corrected chi connectivity index (χ0v) is 12.7. The molecule has 2 aromatic heterocycles. The first-order valence-electron chi connectivity index (χ1n) is 7.50. The summed E-state index contributed by atoms with van der Waals surface area (Å²) >= 11 is 0. The number of hydrogen-bond acceptors (Lipinski definition) is 4. The molecular weight excluding hydrogens is 264 g/mol. The third kappa shape index (κ3) is 3.08. The summed E-state index contributed by atoms with van der Waals surface area (Å²) in [5, 5.41) is 8.32. The Morgan fingerprint density at radius 2 is 2.14 bits per heavy atom. The predicted octanol–water partition coefficient (Wildman–Crippen LogP) is 2.55. The van der Waals surface area contributed by atoms with Gasteiger partial charge in [-0.15, -0.1) is 5.10 Å². The van der Waals surface area contributed by atoms with Crippen LogP contribution < -0.4 is 4.74 Å². The van der Waals surface area contributed by atoms with E-state index < -0.39 is 0 Å². The lowest BCUT2D eigenvalue weighted by molar-refractivity contribution is 0.133. The molecule has 1 unspecified atom stereocenters. The van der Waals surface area contributed by atoms with E-state index in [0.717, 1.165) is 18.8 Å². The highest BCUT2D eigenvalue weighted by Gasteiger charge is 2.25. The Kier molecular flexibility index (Phi) is 4.20. The number of piperidine rings is 1. The van der Waals surface area contributed by atoms with Crippen molar-refractivity contribution in [1.29, 1.82) is 0 Å². The van der Waals surface area contributed by atoms with E-state index in [9.17, 15) is 0 Å². The van der Waals surface area contributed by atoms with Crippen molar-refractivity contribution >= 4 is 0 Å². The number of aromatic nitrogens is 3. The van der Waals surface area contributed by atoms with Gasteiger partial charge in [-0.05, 0) is 37.6 Å². The zero-order valence-electron chi connectivity index (χ0n) is 12.7. The van der Waals surface area contributed by atoms with E-state index in [1.807, 2.05) is 12.1 Å². The molecule has 5 nitrogen and oxygen atoms in total. The Hall–Kier alpha value is -1.88. The Bertz CT molecular complexity index is 578. The predicted molar refractivity (Wildman–Crippen MR) is 81.0 cm³/mol. The summed E-state index contributed by atoms with van der Waals surface area (Å²) in [5.41, 5.74) is 2.38. The van der Waals surface area contributed by atoms with Gasteiger partial charge in [0.25, 0.3) is 0 Å². The van der Waals surface area contributed by atoms with Crippen LogP contribution in [0.4, 0.5) is 0 Å². The second kappa shape index (κ2) is 6.26. The zero-order chi connectivity index (χ0) is 14.7. The fourth-order valence-electron chi connectivity index (χ4n) is 3.08. The number of likely N-dealkylation sites (tertiary alicyclic amines) is 1. The molecule has 2 aromatic rings. The molecule has 21 heavy (non-hydrogen) atoms. The maximum absolute atomic E-state index is 5.06. The van der Waals surface area contributed by atoms with Crippen molar-refractivity contribution in [1.82, 2.24) is 19.7 Å². The highest BCUT2D eigenvalue weighted by atomic mass is 16.5. The summed E-state index contributed by atoms with van der Waals surface area (Å²) in [6.07, 6.45) is 5.88. The molecule has 112 valence electrons. The van der Waals surface area contributed by atoms with Gasteiger partial charge in [-0.2, -0.15) is 5.10 Å². The van der Waals surface area contributed by atoms with Gasteiger partial charge < -0.3 is 9.30 Å². The molecule has 1 aliphatic heterocycles. The lowest BCUT2D eigenvalue weighted by atomic mass is 9.99. The number of ether oxygens (including phenoxy) is 1. The van der Waals surface area contributed by atoms with Gasteiger partial charge in [0.15, 0.2) is 0 Å². The summed E-state index contributed by atoms with van der Waals surface area (Å²) in [5.74, 6) is 0.566. The van der Waals surface area contributed by atoms with Crippen LogP contribution in [0.25, 0.3) is 0 Å².